The maximum atomic E-state index is 13.0. The van der Waals surface area contributed by atoms with Crippen LogP contribution in [-0.2, 0) is 15.6 Å². The van der Waals surface area contributed by atoms with Crippen molar-refractivity contribution < 1.29 is 17.8 Å². The zero-order chi connectivity index (χ0) is 14.5. The molecular formula is C14H11F2NO2S. The monoisotopic (exact) mass is 295 g/mol. The molecule has 0 aliphatic rings. The fraction of sp³-hybridized carbons (Fsp3) is 0.0714. The molecule has 0 bridgehead atoms. The number of halogens is 2. The largest absolute Gasteiger partial charge is 0.325 e. The van der Waals surface area contributed by atoms with E-state index in [1.54, 1.807) is 0 Å². The molecule has 0 saturated heterocycles. The fourth-order valence-electron chi connectivity index (χ4n) is 1.57. The van der Waals surface area contributed by atoms with Gasteiger partial charge >= 0.3 is 0 Å². The molecule has 2 aromatic carbocycles. The van der Waals surface area contributed by atoms with Crippen LogP contribution in [0.25, 0.3) is 0 Å². The number of anilines is 1. The third-order valence-corrected chi connectivity index (χ3v) is 3.73. The number of benzene rings is 2. The highest BCUT2D eigenvalue weighted by atomic mass is 32.2. The first-order valence-electron chi connectivity index (χ1n) is 5.74. The highest BCUT2D eigenvalue weighted by Crippen LogP contribution is 2.11. The van der Waals surface area contributed by atoms with Gasteiger partial charge in [-0.1, -0.05) is 12.1 Å². The summed E-state index contributed by atoms with van der Waals surface area (Å²) < 4.78 is 37.8. The predicted molar refractivity (Wildman–Crippen MR) is 72.7 cm³/mol. The van der Waals surface area contributed by atoms with E-state index >= 15 is 0 Å². The highest BCUT2D eigenvalue weighted by molar-refractivity contribution is 7.85. The summed E-state index contributed by atoms with van der Waals surface area (Å²) in [6.45, 7) is 0. The lowest BCUT2D eigenvalue weighted by Crippen LogP contribution is -2.19. The van der Waals surface area contributed by atoms with E-state index in [-0.39, 0.29) is 16.3 Å². The molecule has 20 heavy (non-hydrogen) atoms. The normalized spacial score (nSPS) is 11.9. The van der Waals surface area contributed by atoms with Gasteiger partial charge in [0.05, 0.1) is 10.8 Å². The van der Waals surface area contributed by atoms with Crippen molar-refractivity contribution in [2.45, 2.75) is 4.90 Å². The predicted octanol–water partition coefficient (Wildman–Crippen LogP) is 2.71. The Morgan fingerprint density at radius 3 is 2.35 bits per heavy atom. The van der Waals surface area contributed by atoms with Gasteiger partial charge in [-0.2, -0.15) is 0 Å². The molecule has 0 radical (unpaired) electrons. The van der Waals surface area contributed by atoms with Crippen molar-refractivity contribution in [2.75, 3.05) is 11.1 Å². The van der Waals surface area contributed by atoms with Crippen LogP contribution < -0.4 is 5.32 Å². The van der Waals surface area contributed by atoms with Crippen molar-refractivity contribution >= 4 is 22.4 Å². The second-order valence-electron chi connectivity index (χ2n) is 4.01. The smallest absolute Gasteiger partial charge is 0.237 e. The van der Waals surface area contributed by atoms with Gasteiger partial charge in [0.2, 0.25) is 5.91 Å². The van der Waals surface area contributed by atoms with Crippen molar-refractivity contribution in [1.82, 2.24) is 0 Å². The van der Waals surface area contributed by atoms with Crippen LogP contribution in [-0.4, -0.2) is 15.9 Å². The lowest BCUT2D eigenvalue weighted by molar-refractivity contribution is -0.113. The van der Waals surface area contributed by atoms with E-state index in [2.05, 4.69) is 5.32 Å². The topological polar surface area (TPSA) is 46.2 Å². The number of rotatable bonds is 4. The number of nitrogens with one attached hydrogen (secondary N) is 1. The molecule has 1 unspecified atom stereocenters. The molecule has 0 aromatic heterocycles. The maximum absolute atomic E-state index is 13.0. The van der Waals surface area contributed by atoms with Crippen LogP contribution in [0.5, 0.6) is 0 Å². The second-order valence-corrected chi connectivity index (χ2v) is 5.46. The van der Waals surface area contributed by atoms with Gasteiger partial charge < -0.3 is 5.32 Å². The first kappa shape index (κ1) is 14.3. The fourth-order valence-corrected chi connectivity index (χ4v) is 2.53. The van der Waals surface area contributed by atoms with E-state index in [9.17, 15) is 17.8 Å². The van der Waals surface area contributed by atoms with Gasteiger partial charge in [0.15, 0.2) is 0 Å². The zero-order valence-corrected chi connectivity index (χ0v) is 11.1. The number of hydrogen-bond acceptors (Lipinski definition) is 2. The third kappa shape index (κ3) is 3.96. The van der Waals surface area contributed by atoms with Crippen molar-refractivity contribution in [2.24, 2.45) is 0 Å². The zero-order valence-electron chi connectivity index (χ0n) is 10.3. The van der Waals surface area contributed by atoms with Crippen LogP contribution in [0.4, 0.5) is 14.5 Å². The molecule has 2 aromatic rings. The Morgan fingerprint density at radius 2 is 1.70 bits per heavy atom. The third-order valence-electron chi connectivity index (χ3n) is 2.43. The van der Waals surface area contributed by atoms with Gasteiger partial charge in [-0.25, -0.2) is 8.78 Å². The minimum absolute atomic E-state index is 0.236. The number of amides is 1. The van der Waals surface area contributed by atoms with Crippen LogP contribution >= 0.6 is 0 Å². The van der Waals surface area contributed by atoms with Crippen molar-refractivity contribution in [1.29, 1.82) is 0 Å². The molecule has 1 N–H and O–H groups in total. The Balaban J connectivity index is 1.99. The molecule has 6 heteroatoms. The summed E-state index contributed by atoms with van der Waals surface area (Å²) in [5.74, 6) is -1.84. The summed E-state index contributed by atoms with van der Waals surface area (Å²) in [6, 6.07) is 10.6. The molecule has 0 fully saturated rings. The second kappa shape index (κ2) is 6.38. The average molecular weight is 295 g/mol. The van der Waals surface area contributed by atoms with E-state index in [1.165, 1.54) is 36.4 Å². The van der Waals surface area contributed by atoms with Crippen molar-refractivity contribution in [3.63, 3.8) is 0 Å². The molecule has 1 atom stereocenters. The Morgan fingerprint density at radius 1 is 1.05 bits per heavy atom. The molecule has 0 aliphatic heterocycles. The van der Waals surface area contributed by atoms with E-state index < -0.39 is 28.3 Å². The van der Waals surface area contributed by atoms with E-state index in [4.69, 9.17) is 0 Å². The van der Waals surface area contributed by atoms with Crippen molar-refractivity contribution in [3.05, 3.63) is 60.2 Å². The maximum Gasteiger partial charge on any atom is 0.237 e. The minimum atomic E-state index is -1.65. The first-order valence-corrected chi connectivity index (χ1v) is 7.06. The number of carbonyl (C=O) groups is 1. The molecular weight excluding hydrogens is 284 g/mol. The van der Waals surface area contributed by atoms with Gasteiger partial charge in [0.25, 0.3) is 0 Å². The lowest BCUT2D eigenvalue weighted by atomic mass is 10.3. The average Bonchev–Trinajstić information content (AvgIpc) is 2.38. The Hall–Kier alpha value is -2.08. The van der Waals surface area contributed by atoms with Gasteiger partial charge in [-0.3, -0.25) is 9.00 Å². The Kier molecular flexibility index (Phi) is 4.57. The molecule has 104 valence electrons. The van der Waals surface area contributed by atoms with Crippen LogP contribution in [0.3, 0.4) is 0 Å². The van der Waals surface area contributed by atoms with E-state index in [1.807, 2.05) is 0 Å². The molecule has 1 amide bonds. The summed E-state index contributed by atoms with van der Waals surface area (Å²) in [5, 5.41) is 2.43. The molecule has 0 heterocycles. The van der Waals surface area contributed by atoms with E-state index in [0.29, 0.717) is 0 Å². The molecule has 2 rings (SSSR count). The van der Waals surface area contributed by atoms with Gasteiger partial charge in [0, 0.05) is 10.6 Å². The van der Waals surface area contributed by atoms with Gasteiger partial charge in [0.1, 0.15) is 17.4 Å². The van der Waals surface area contributed by atoms with Crippen LogP contribution in [0.2, 0.25) is 0 Å². The summed E-state index contributed by atoms with van der Waals surface area (Å²) in [5.41, 5.74) is 0.284. The Bertz CT molecular complexity index is 661. The van der Waals surface area contributed by atoms with Crippen LogP contribution in [0, 0.1) is 11.6 Å². The molecule has 3 nitrogen and oxygen atoms in total. The van der Waals surface area contributed by atoms with Gasteiger partial charge in [-0.05, 0) is 36.4 Å². The Labute approximate surface area is 117 Å². The molecule has 0 aliphatic carbocycles. The van der Waals surface area contributed by atoms with Crippen LogP contribution in [0.15, 0.2) is 53.4 Å². The SMILES string of the molecule is O=C(CS(=O)c1cccc(F)c1)Nc1cccc(F)c1. The summed E-state index contributed by atoms with van der Waals surface area (Å²) in [6.07, 6.45) is 0. The number of carbonyl (C=O) groups excluding carboxylic acids is 1. The summed E-state index contributed by atoms with van der Waals surface area (Å²) >= 11 is 0. The molecule has 0 saturated carbocycles. The molecule has 0 spiro atoms. The van der Waals surface area contributed by atoms with Crippen LogP contribution in [0.1, 0.15) is 0 Å². The lowest BCUT2D eigenvalue weighted by Gasteiger charge is -2.05. The summed E-state index contributed by atoms with van der Waals surface area (Å²) in [4.78, 5) is 11.9. The quantitative estimate of drug-likeness (QED) is 0.942. The minimum Gasteiger partial charge on any atom is -0.325 e. The van der Waals surface area contributed by atoms with Crippen molar-refractivity contribution in [3.8, 4) is 0 Å². The van der Waals surface area contributed by atoms with Gasteiger partial charge in [-0.15, -0.1) is 0 Å². The number of hydrogen-bond donors (Lipinski definition) is 1. The standard InChI is InChI=1S/C14H11F2NO2S/c15-10-3-1-5-12(7-10)17-14(18)9-20(19)13-6-2-4-11(16)8-13/h1-8H,9H2,(H,17,18). The first-order chi connectivity index (χ1) is 9.54. The summed E-state index contributed by atoms with van der Waals surface area (Å²) in [7, 11) is -1.65. The van der Waals surface area contributed by atoms with E-state index in [0.717, 1.165) is 12.1 Å². The highest BCUT2D eigenvalue weighted by Gasteiger charge is 2.11.